The first-order chi connectivity index (χ1) is 8.72. The Kier molecular flexibility index (Phi) is 4.04. The third kappa shape index (κ3) is 2.73. The predicted molar refractivity (Wildman–Crippen MR) is 73.5 cm³/mol. The molecule has 0 aliphatic carbocycles. The Morgan fingerprint density at radius 2 is 2.22 bits per heavy atom. The topological polar surface area (TPSA) is 65.2 Å². The summed E-state index contributed by atoms with van der Waals surface area (Å²) in [6.45, 7) is 2.20. The van der Waals surface area contributed by atoms with Gasteiger partial charge in [-0.1, -0.05) is 0 Å². The van der Waals surface area contributed by atoms with E-state index in [-0.39, 0.29) is 5.97 Å². The highest BCUT2D eigenvalue weighted by Crippen LogP contribution is 2.30. The number of pyridine rings is 1. The molecule has 0 saturated carbocycles. The van der Waals surface area contributed by atoms with Crippen molar-refractivity contribution in [2.45, 2.75) is 11.8 Å². The number of fused-ring (bicyclic) bond motifs is 1. The largest absolute Gasteiger partial charge is 0.465 e. The SMILES string of the molecule is CCOC(=O)CSc1ccc(N)c2ccncc12. The molecule has 0 amide bonds. The fourth-order valence-corrected chi connectivity index (χ4v) is 2.49. The Morgan fingerprint density at radius 1 is 1.39 bits per heavy atom. The summed E-state index contributed by atoms with van der Waals surface area (Å²) in [5.41, 5.74) is 6.62. The minimum absolute atomic E-state index is 0.212. The van der Waals surface area contributed by atoms with E-state index in [9.17, 15) is 4.79 Å². The van der Waals surface area contributed by atoms with Crippen LogP contribution in [-0.4, -0.2) is 23.3 Å². The van der Waals surface area contributed by atoms with E-state index in [0.29, 0.717) is 18.0 Å². The van der Waals surface area contributed by atoms with Crippen LogP contribution >= 0.6 is 11.8 Å². The molecule has 2 rings (SSSR count). The van der Waals surface area contributed by atoms with Crippen molar-refractivity contribution in [1.82, 2.24) is 4.98 Å². The zero-order chi connectivity index (χ0) is 13.0. The van der Waals surface area contributed by atoms with Crippen molar-refractivity contribution in [3.05, 3.63) is 30.6 Å². The zero-order valence-corrected chi connectivity index (χ0v) is 10.9. The number of benzene rings is 1. The molecule has 0 radical (unpaired) electrons. The molecule has 2 aromatic rings. The van der Waals surface area contributed by atoms with Crippen LogP contribution in [0, 0.1) is 0 Å². The summed E-state index contributed by atoms with van der Waals surface area (Å²) in [6.07, 6.45) is 3.47. The van der Waals surface area contributed by atoms with Gasteiger partial charge in [-0.3, -0.25) is 9.78 Å². The number of esters is 1. The number of hydrogen-bond acceptors (Lipinski definition) is 5. The van der Waals surface area contributed by atoms with E-state index in [1.165, 1.54) is 11.8 Å². The Morgan fingerprint density at radius 3 is 3.00 bits per heavy atom. The number of carbonyl (C=O) groups is 1. The van der Waals surface area contributed by atoms with E-state index in [1.54, 1.807) is 19.3 Å². The van der Waals surface area contributed by atoms with Gasteiger partial charge in [-0.05, 0) is 25.1 Å². The molecule has 2 N–H and O–H groups in total. The van der Waals surface area contributed by atoms with Crippen LogP contribution in [0.25, 0.3) is 10.8 Å². The van der Waals surface area contributed by atoms with Crippen LogP contribution in [0.2, 0.25) is 0 Å². The lowest BCUT2D eigenvalue weighted by atomic mass is 10.1. The summed E-state index contributed by atoms with van der Waals surface area (Å²) < 4.78 is 4.90. The molecule has 1 aromatic carbocycles. The van der Waals surface area contributed by atoms with Crippen molar-refractivity contribution in [2.75, 3.05) is 18.1 Å². The molecule has 0 atom stereocenters. The Hall–Kier alpha value is -1.75. The minimum atomic E-state index is -0.212. The van der Waals surface area contributed by atoms with Gasteiger partial charge in [0.25, 0.3) is 0 Å². The summed E-state index contributed by atoms with van der Waals surface area (Å²) >= 11 is 1.44. The molecule has 0 spiro atoms. The molecule has 18 heavy (non-hydrogen) atoms. The van der Waals surface area contributed by atoms with Gasteiger partial charge < -0.3 is 10.5 Å². The van der Waals surface area contributed by atoms with E-state index < -0.39 is 0 Å². The van der Waals surface area contributed by atoms with Crippen LogP contribution in [0.5, 0.6) is 0 Å². The van der Waals surface area contributed by atoms with E-state index in [1.807, 2.05) is 18.2 Å². The average molecular weight is 262 g/mol. The fourth-order valence-electron chi connectivity index (χ4n) is 1.65. The number of ether oxygens (including phenoxy) is 1. The van der Waals surface area contributed by atoms with E-state index in [0.717, 1.165) is 15.7 Å². The van der Waals surface area contributed by atoms with Crippen LogP contribution in [0.4, 0.5) is 5.69 Å². The van der Waals surface area contributed by atoms with Gasteiger partial charge in [-0.15, -0.1) is 11.8 Å². The smallest absolute Gasteiger partial charge is 0.316 e. The number of aromatic nitrogens is 1. The number of carbonyl (C=O) groups excluding carboxylic acids is 1. The number of nitrogens with zero attached hydrogens (tertiary/aromatic N) is 1. The van der Waals surface area contributed by atoms with Gasteiger partial charge in [-0.2, -0.15) is 0 Å². The van der Waals surface area contributed by atoms with Gasteiger partial charge in [0.15, 0.2) is 0 Å². The fraction of sp³-hybridized carbons (Fsp3) is 0.231. The van der Waals surface area contributed by atoms with E-state index >= 15 is 0 Å². The molecule has 0 aliphatic rings. The highest BCUT2D eigenvalue weighted by molar-refractivity contribution is 8.00. The molecule has 0 fully saturated rings. The van der Waals surface area contributed by atoms with Crippen molar-refractivity contribution in [3.63, 3.8) is 0 Å². The van der Waals surface area contributed by atoms with Gasteiger partial charge in [0.05, 0.1) is 12.4 Å². The van der Waals surface area contributed by atoms with Gasteiger partial charge in [0.1, 0.15) is 0 Å². The maximum atomic E-state index is 11.3. The van der Waals surface area contributed by atoms with Crippen molar-refractivity contribution >= 4 is 34.2 Å². The molecule has 1 heterocycles. The van der Waals surface area contributed by atoms with Gasteiger partial charge in [0, 0.05) is 33.7 Å². The standard InChI is InChI=1S/C13H14N2O2S/c1-2-17-13(16)8-18-12-4-3-11(14)9-5-6-15-7-10(9)12/h3-7H,2,8,14H2,1H3. The van der Waals surface area contributed by atoms with Gasteiger partial charge >= 0.3 is 5.97 Å². The predicted octanol–water partition coefficient (Wildman–Crippen LogP) is 2.47. The number of nitrogen functional groups attached to an aromatic ring is 1. The molecule has 0 bridgehead atoms. The molecule has 1 aromatic heterocycles. The lowest BCUT2D eigenvalue weighted by Crippen LogP contribution is -2.06. The second kappa shape index (κ2) is 5.73. The van der Waals surface area contributed by atoms with Gasteiger partial charge in [-0.25, -0.2) is 0 Å². The Bertz CT molecular complexity index is 572. The quantitative estimate of drug-likeness (QED) is 0.521. The molecule has 4 nitrogen and oxygen atoms in total. The van der Waals surface area contributed by atoms with Crippen molar-refractivity contribution in [3.8, 4) is 0 Å². The lowest BCUT2D eigenvalue weighted by Gasteiger charge is -2.07. The monoisotopic (exact) mass is 262 g/mol. The maximum absolute atomic E-state index is 11.3. The third-order valence-corrected chi connectivity index (χ3v) is 3.51. The van der Waals surface area contributed by atoms with E-state index in [4.69, 9.17) is 10.5 Å². The zero-order valence-electron chi connectivity index (χ0n) is 10.1. The minimum Gasteiger partial charge on any atom is -0.465 e. The van der Waals surface area contributed by atoms with Crippen molar-refractivity contribution < 1.29 is 9.53 Å². The second-order valence-corrected chi connectivity index (χ2v) is 4.69. The summed E-state index contributed by atoms with van der Waals surface area (Å²) in [6, 6.07) is 5.62. The number of thioether (sulfide) groups is 1. The molecular formula is C13H14N2O2S. The molecule has 5 heteroatoms. The average Bonchev–Trinajstić information content (AvgIpc) is 2.39. The van der Waals surface area contributed by atoms with E-state index in [2.05, 4.69) is 4.98 Å². The number of anilines is 1. The first-order valence-corrected chi connectivity index (χ1v) is 6.61. The normalized spacial score (nSPS) is 10.5. The number of hydrogen-bond donors (Lipinski definition) is 1. The molecule has 0 aliphatic heterocycles. The Balaban J connectivity index is 2.24. The highest BCUT2D eigenvalue weighted by Gasteiger charge is 2.08. The summed E-state index contributed by atoms with van der Waals surface area (Å²) in [5.74, 6) is 0.0817. The first kappa shape index (κ1) is 12.7. The molecule has 0 unspecified atom stereocenters. The second-order valence-electron chi connectivity index (χ2n) is 3.67. The maximum Gasteiger partial charge on any atom is 0.316 e. The third-order valence-electron chi connectivity index (χ3n) is 2.46. The van der Waals surface area contributed by atoms with Crippen LogP contribution in [-0.2, 0) is 9.53 Å². The highest BCUT2D eigenvalue weighted by atomic mass is 32.2. The number of nitrogens with two attached hydrogens (primary N) is 1. The van der Waals surface area contributed by atoms with Gasteiger partial charge in [0.2, 0.25) is 0 Å². The summed E-state index contributed by atoms with van der Waals surface area (Å²) in [7, 11) is 0. The molecule has 0 saturated heterocycles. The summed E-state index contributed by atoms with van der Waals surface area (Å²) in [5, 5.41) is 1.92. The van der Waals surface area contributed by atoms with Crippen LogP contribution in [0.1, 0.15) is 6.92 Å². The molecular weight excluding hydrogens is 248 g/mol. The van der Waals surface area contributed by atoms with Crippen molar-refractivity contribution in [2.24, 2.45) is 0 Å². The Labute approximate surface area is 110 Å². The molecule has 94 valence electrons. The lowest BCUT2D eigenvalue weighted by molar-refractivity contribution is -0.139. The first-order valence-electron chi connectivity index (χ1n) is 5.63. The van der Waals surface area contributed by atoms with Crippen molar-refractivity contribution in [1.29, 1.82) is 0 Å². The number of rotatable bonds is 4. The van der Waals surface area contributed by atoms with Crippen LogP contribution in [0.15, 0.2) is 35.5 Å². The summed E-state index contributed by atoms with van der Waals surface area (Å²) in [4.78, 5) is 16.4. The van der Waals surface area contributed by atoms with Crippen LogP contribution < -0.4 is 5.73 Å². The van der Waals surface area contributed by atoms with Crippen LogP contribution in [0.3, 0.4) is 0 Å².